The van der Waals surface area contributed by atoms with Crippen molar-refractivity contribution in [3.63, 3.8) is 0 Å². The molecule has 0 fully saturated rings. The van der Waals surface area contributed by atoms with E-state index >= 15 is 0 Å². The highest BCUT2D eigenvalue weighted by Crippen LogP contribution is 2.45. The molecule has 2 rings (SSSR count). The Morgan fingerprint density at radius 1 is 1.22 bits per heavy atom. The summed E-state index contributed by atoms with van der Waals surface area (Å²) in [6, 6.07) is 8.56. The Morgan fingerprint density at radius 2 is 1.89 bits per heavy atom. The van der Waals surface area contributed by atoms with Crippen LogP contribution in [-0.4, -0.2) is 7.05 Å². The summed E-state index contributed by atoms with van der Waals surface area (Å²) < 4.78 is 0. The Labute approximate surface area is 110 Å². The van der Waals surface area contributed by atoms with Crippen LogP contribution in [0.1, 0.15) is 26.3 Å². The molecule has 0 N–H and O–H groups in total. The van der Waals surface area contributed by atoms with E-state index in [9.17, 15) is 0 Å². The predicted octanol–water partition coefficient (Wildman–Crippen LogP) is 4.43. The highest BCUT2D eigenvalue weighted by atomic mass is 15.1. The van der Waals surface area contributed by atoms with Gasteiger partial charge in [0.05, 0.1) is 0 Å². The largest absolute Gasteiger partial charge is 0.344 e. The zero-order valence-electron chi connectivity index (χ0n) is 11.7. The molecular formula is C17H21N. The van der Waals surface area contributed by atoms with Gasteiger partial charge in [-0.05, 0) is 30.2 Å². The van der Waals surface area contributed by atoms with E-state index in [1.54, 1.807) is 0 Å². The summed E-state index contributed by atoms with van der Waals surface area (Å²) in [5.74, 6) is 0. The van der Waals surface area contributed by atoms with E-state index in [1.807, 2.05) is 13.0 Å². The van der Waals surface area contributed by atoms with Crippen molar-refractivity contribution in [2.24, 2.45) is 0 Å². The van der Waals surface area contributed by atoms with Gasteiger partial charge < -0.3 is 4.90 Å². The highest BCUT2D eigenvalue weighted by molar-refractivity contribution is 5.70. The Bertz CT molecular complexity index is 532. The maximum absolute atomic E-state index is 4.31. The number of anilines is 1. The van der Waals surface area contributed by atoms with Gasteiger partial charge in [-0.2, -0.15) is 0 Å². The zero-order chi connectivity index (χ0) is 13.3. The van der Waals surface area contributed by atoms with Gasteiger partial charge in [-0.15, -0.1) is 0 Å². The first kappa shape index (κ1) is 12.7. The van der Waals surface area contributed by atoms with Crippen LogP contribution in [0.2, 0.25) is 0 Å². The normalized spacial score (nSPS) is 20.6. The van der Waals surface area contributed by atoms with E-state index in [0.717, 1.165) is 0 Å². The molecule has 1 heteroatoms. The molecule has 0 amide bonds. The van der Waals surface area contributed by atoms with Crippen LogP contribution in [0.15, 0.2) is 60.3 Å². The number of hydrogen-bond donors (Lipinski definition) is 0. The molecule has 0 unspecified atom stereocenters. The first-order valence-electron chi connectivity index (χ1n) is 6.36. The van der Waals surface area contributed by atoms with Gasteiger partial charge in [-0.1, -0.05) is 50.8 Å². The van der Waals surface area contributed by atoms with Crippen LogP contribution in [0.3, 0.4) is 0 Å². The van der Waals surface area contributed by atoms with Crippen molar-refractivity contribution < 1.29 is 0 Å². The average molecular weight is 239 g/mol. The number of nitrogens with zero attached hydrogens (tertiary/aromatic N) is 1. The molecule has 0 atom stereocenters. The summed E-state index contributed by atoms with van der Waals surface area (Å²) in [5, 5.41) is 0. The standard InChI is InChI=1S/C17H21N/c1-6-7-11-15-13(2)17(3,4)14-10-8-9-12-16(14)18(15)5/h6-12H,2H2,1,3-5H3/b7-6-,15-11+. The first-order chi connectivity index (χ1) is 8.50. The quantitative estimate of drug-likeness (QED) is 0.700. The number of benzene rings is 1. The van der Waals surface area contributed by atoms with Gasteiger partial charge in [0.1, 0.15) is 0 Å². The summed E-state index contributed by atoms with van der Waals surface area (Å²) in [6.45, 7) is 10.8. The van der Waals surface area contributed by atoms with Crippen LogP contribution in [0.5, 0.6) is 0 Å². The Balaban J connectivity index is 2.64. The van der Waals surface area contributed by atoms with E-state index in [2.05, 4.69) is 68.8 Å². The van der Waals surface area contributed by atoms with Gasteiger partial charge in [0.2, 0.25) is 0 Å². The number of likely N-dealkylation sites (N-methyl/N-ethyl adjacent to an activating group) is 1. The third-order valence-electron chi connectivity index (χ3n) is 3.81. The first-order valence-corrected chi connectivity index (χ1v) is 6.36. The number of allylic oxidation sites excluding steroid dienone is 4. The molecule has 1 aliphatic rings. The Hall–Kier alpha value is -1.76. The minimum atomic E-state index is -0.0173. The number of fused-ring (bicyclic) bond motifs is 1. The van der Waals surface area contributed by atoms with Crippen LogP contribution in [0, 0.1) is 0 Å². The summed E-state index contributed by atoms with van der Waals surface area (Å²) >= 11 is 0. The van der Waals surface area contributed by atoms with E-state index in [0.29, 0.717) is 0 Å². The van der Waals surface area contributed by atoms with E-state index in [1.165, 1.54) is 22.5 Å². The van der Waals surface area contributed by atoms with Crippen molar-refractivity contribution in [3.8, 4) is 0 Å². The number of para-hydroxylation sites is 1. The van der Waals surface area contributed by atoms with Gasteiger partial charge in [-0.3, -0.25) is 0 Å². The van der Waals surface area contributed by atoms with E-state index in [4.69, 9.17) is 0 Å². The van der Waals surface area contributed by atoms with Gasteiger partial charge in [0.25, 0.3) is 0 Å². The van der Waals surface area contributed by atoms with Crippen LogP contribution in [0.25, 0.3) is 0 Å². The molecule has 18 heavy (non-hydrogen) atoms. The minimum Gasteiger partial charge on any atom is -0.344 e. The second kappa shape index (κ2) is 4.49. The topological polar surface area (TPSA) is 3.24 Å². The molecule has 0 saturated carbocycles. The lowest BCUT2D eigenvalue weighted by Crippen LogP contribution is -2.35. The zero-order valence-corrected chi connectivity index (χ0v) is 11.7. The van der Waals surface area contributed by atoms with Gasteiger partial charge in [0.15, 0.2) is 0 Å². The Kier molecular flexibility index (Phi) is 3.16. The van der Waals surface area contributed by atoms with Crippen molar-refractivity contribution in [2.45, 2.75) is 26.2 Å². The molecule has 0 aromatic heterocycles. The molecular weight excluding hydrogens is 218 g/mol. The molecule has 1 aromatic rings. The smallest absolute Gasteiger partial charge is 0.0449 e. The third kappa shape index (κ3) is 1.80. The van der Waals surface area contributed by atoms with Gasteiger partial charge in [0, 0.05) is 23.8 Å². The summed E-state index contributed by atoms with van der Waals surface area (Å²) in [5.41, 5.74) is 4.95. The molecule has 1 nitrogen and oxygen atoms in total. The molecule has 1 aromatic carbocycles. The molecule has 0 spiro atoms. The second-order valence-corrected chi connectivity index (χ2v) is 5.26. The minimum absolute atomic E-state index is 0.0173. The fourth-order valence-electron chi connectivity index (χ4n) is 2.51. The van der Waals surface area contributed by atoms with E-state index < -0.39 is 0 Å². The van der Waals surface area contributed by atoms with Crippen molar-refractivity contribution in [1.82, 2.24) is 0 Å². The number of hydrogen-bond acceptors (Lipinski definition) is 1. The maximum atomic E-state index is 4.31. The SMILES string of the molecule is C=C1/C(=C\C=C/C)N(C)c2ccccc2C1(C)C. The molecule has 1 heterocycles. The molecule has 0 aliphatic carbocycles. The Morgan fingerprint density at radius 3 is 2.56 bits per heavy atom. The third-order valence-corrected chi connectivity index (χ3v) is 3.81. The van der Waals surface area contributed by atoms with E-state index in [-0.39, 0.29) is 5.41 Å². The molecule has 0 bridgehead atoms. The van der Waals surface area contributed by atoms with Crippen molar-refractivity contribution in [1.29, 1.82) is 0 Å². The summed E-state index contributed by atoms with van der Waals surface area (Å²) in [7, 11) is 2.11. The molecule has 94 valence electrons. The van der Waals surface area contributed by atoms with Crippen LogP contribution in [-0.2, 0) is 5.41 Å². The lowest BCUT2D eigenvalue weighted by molar-refractivity contribution is 0.612. The molecule has 0 saturated heterocycles. The summed E-state index contributed by atoms with van der Waals surface area (Å²) in [4.78, 5) is 2.23. The summed E-state index contributed by atoms with van der Waals surface area (Å²) in [6.07, 6.45) is 6.25. The predicted molar refractivity (Wildman–Crippen MR) is 79.9 cm³/mol. The second-order valence-electron chi connectivity index (χ2n) is 5.26. The van der Waals surface area contributed by atoms with Crippen molar-refractivity contribution >= 4 is 5.69 Å². The molecule has 0 radical (unpaired) electrons. The highest BCUT2D eigenvalue weighted by Gasteiger charge is 2.35. The van der Waals surface area contributed by atoms with Crippen LogP contribution >= 0.6 is 0 Å². The number of rotatable bonds is 1. The fourth-order valence-corrected chi connectivity index (χ4v) is 2.51. The van der Waals surface area contributed by atoms with Gasteiger partial charge >= 0.3 is 0 Å². The maximum Gasteiger partial charge on any atom is 0.0449 e. The lowest BCUT2D eigenvalue weighted by Gasteiger charge is -2.42. The average Bonchev–Trinajstić information content (AvgIpc) is 2.37. The van der Waals surface area contributed by atoms with Gasteiger partial charge in [-0.25, -0.2) is 0 Å². The van der Waals surface area contributed by atoms with Crippen LogP contribution in [0.4, 0.5) is 5.69 Å². The van der Waals surface area contributed by atoms with Crippen molar-refractivity contribution in [3.05, 3.63) is 65.9 Å². The fraction of sp³-hybridized carbons (Fsp3) is 0.294. The lowest BCUT2D eigenvalue weighted by atomic mass is 9.73. The molecule has 1 aliphatic heterocycles. The monoisotopic (exact) mass is 239 g/mol. The van der Waals surface area contributed by atoms with Crippen molar-refractivity contribution in [2.75, 3.05) is 11.9 Å². The van der Waals surface area contributed by atoms with Crippen LogP contribution < -0.4 is 4.90 Å².